The van der Waals surface area contributed by atoms with E-state index in [1.54, 1.807) is 10.9 Å². The first-order valence-electron chi connectivity index (χ1n) is 14.4. The van der Waals surface area contributed by atoms with Crippen LogP contribution in [0.3, 0.4) is 0 Å². The van der Waals surface area contributed by atoms with E-state index in [0.29, 0.717) is 0 Å². The van der Waals surface area contributed by atoms with Gasteiger partial charge in [0.2, 0.25) is 0 Å². The molecular weight excluding hydrogens is 568 g/mol. The van der Waals surface area contributed by atoms with Crippen molar-refractivity contribution in [2.75, 3.05) is 0 Å². The Morgan fingerprint density at radius 2 is 1.11 bits per heavy atom. The Bertz CT molecular complexity index is 2150. The van der Waals surface area contributed by atoms with Crippen molar-refractivity contribution in [1.29, 1.82) is 0 Å². The second-order valence-electron chi connectivity index (χ2n) is 11.6. The van der Waals surface area contributed by atoms with Crippen LogP contribution < -0.4 is 21.3 Å². The quantitative estimate of drug-likeness (QED) is 0.216. The van der Waals surface area contributed by atoms with E-state index in [1.165, 1.54) is 0 Å². The number of hydrogen-bond acceptors (Lipinski definition) is 5. The lowest BCUT2D eigenvalue weighted by Gasteiger charge is -2.23. The molecule has 4 aromatic carbocycles. The molecule has 2 saturated heterocycles. The van der Waals surface area contributed by atoms with Crippen molar-refractivity contribution in [3.8, 4) is 33.5 Å². The van der Waals surface area contributed by atoms with Crippen molar-refractivity contribution in [3.63, 3.8) is 0 Å². The van der Waals surface area contributed by atoms with E-state index in [4.69, 9.17) is 0 Å². The second-order valence-corrected chi connectivity index (χ2v) is 11.6. The summed E-state index contributed by atoms with van der Waals surface area (Å²) >= 11 is 0. The van der Waals surface area contributed by atoms with E-state index < -0.39 is 23.1 Å². The third-order valence-electron chi connectivity index (χ3n) is 9.10. The molecule has 5 aromatic rings. The SMILES string of the molecule is Cc1ccc2c(c1)C1(NC(=O)NC1=O)c1ccccc1-2.Cn1nccc1-c1ccc2c(c1)C1(NC(=O)NC1=O)c1ccccc1-2. The molecule has 10 heteroatoms. The van der Waals surface area contributed by atoms with E-state index in [0.717, 1.165) is 61.3 Å². The van der Waals surface area contributed by atoms with Crippen LogP contribution in [0.1, 0.15) is 27.8 Å². The maximum atomic E-state index is 12.8. The number of benzene rings is 4. The largest absolute Gasteiger partial charge is 0.322 e. The molecule has 45 heavy (non-hydrogen) atoms. The van der Waals surface area contributed by atoms with Crippen LogP contribution in [0, 0.1) is 6.92 Å². The monoisotopic (exact) mass is 594 g/mol. The lowest BCUT2D eigenvalue weighted by Crippen LogP contribution is -2.43. The summed E-state index contributed by atoms with van der Waals surface area (Å²) in [7, 11) is 1.87. The molecule has 4 N–H and O–H groups in total. The number of imide groups is 2. The summed E-state index contributed by atoms with van der Waals surface area (Å²) in [5.41, 5.74) is 7.90. The van der Waals surface area contributed by atoms with Gasteiger partial charge in [-0.1, -0.05) is 84.4 Å². The Balaban J connectivity index is 0.000000137. The Labute approximate surface area is 257 Å². The third kappa shape index (κ3) is 3.53. The molecule has 10 nitrogen and oxygen atoms in total. The van der Waals surface area contributed by atoms with Gasteiger partial charge < -0.3 is 10.6 Å². The van der Waals surface area contributed by atoms with Crippen LogP contribution in [-0.2, 0) is 27.7 Å². The highest BCUT2D eigenvalue weighted by atomic mass is 16.2. The molecule has 0 saturated carbocycles. The van der Waals surface area contributed by atoms with Crippen molar-refractivity contribution >= 4 is 23.9 Å². The normalized spacial score (nSPS) is 21.3. The van der Waals surface area contributed by atoms with Gasteiger partial charge in [0.15, 0.2) is 11.1 Å². The molecule has 3 heterocycles. The molecule has 2 fully saturated rings. The van der Waals surface area contributed by atoms with Crippen LogP contribution in [-0.4, -0.2) is 33.7 Å². The van der Waals surface area contributed by atoms with Crippen molar-refractivity contribution < 1.29 is 19.2 Å². The number of hydrogen-bond donors (Lipinski definition) is 4. The van der Waals surface area contributed by atoms with Crippen molar-refractivity contribution in [2.45, 2.75) is 18.0 Å². The van der Waals surface area contributed by atoms with Crippen molar-refractivity contribution in [2.24, 2.45) is 7.05 Å². The minimum Gasteiger partial charge on any atom is -0.316 e. The first-order valence-corrected chi connectivity index (χ1v) is 14.4. The summed E-state index contributed by atoms with van der Waals surface area (Å²) in [4.78, 5) is 48.9. The van der Waals surface area contributed by atoms with Gasteiger partial charge in [-0.05, 0) is 58.0 Å². The highest BCUT2D eigenvalue weighted by Gasteiger charge is 2.56. The van der Waals surface area contributed by atoms with Gasteiger partial charge >= 0.3 is 12.1 Å². The van der Waals surface area contributed by atoms with Crippen LogP contribution in [0.25, 0.3) is 33.5 Å². The lowest BCUT2D eigenvalue weighted by molar-refractivity contribution is -0.123. The molecule has 1 aromatic heterocycles. The molecule has 9 rings (SSSR count). The number of urea groups is 2. The third-order valence-corrected chi connectivity index (χ3v) is 9.10. The van der Waals surface area contributed by atoms with Crippen molar-refractivity contribution in [1.82, 2.24) is 31.0 Å². The molecule has 0 radical (unpaired) electrons. The molecule has 4 aliphatic rings. The first kappa shape index (κ1) is 26.6. The molecule has 2 unspecified atom stereocenters. The summed E-state index contributed by atoms with van der Waals surface area (Å²) in [5, 5.41) is 14.6. The number of aryl methyl sites for hydroxylation is 2. The van der Waals surface area contributed by atoms with E-state index in [1.807, 2.05) is 105 Å². The summed E-state index contributed by atoms with van der Waals surface area (Å²) in [5.74, 6) is -0.648. The van der Waals surface area contributed by atoms with E-state index in [-0.39, 0.29) is 11.8 Å². The average Bonchev–Trinajstić information content (AvgIpc) is 3.81. The molecule has 6 amide bonds. The fourth-order valence-corrected chi connectivity index (χ4v) is 7.16. The standard InChI is InChI=1S/C19H14N4O2.C16H12N2O2/c1-23-16(8-9-20-23)11-6-7-13-12-4-2-3-5-14(12)19(15(13)10-11)17(24)21-18(25)22-19;1-9-6-7-11-10-4-2-3-5-12(10)16(13(11)8-9)14(19)17-15(20)18-16/h2-10H,1H3,(H2,21,22,24,25);2-8H,1H3,(H2,17,18,19,20). The molecule has 0 bridgehead atoms. The minimum absolute atomic E-state index is 0.306. The van der Waals surface area contributed by atoms with Crippen LogP contribution >= 0.6 is 0 Å². The molecule has 220 valence electrons. The topological polar surface area (TPSA) is 134 Å². The predicted molar refractivity (Wildman–Crippen MR) is 166 cm³/mol. The van der Waals surface area contributed by atoms with Gasteiger partial charge in [-0.25, -0.2) is 9.59 Å². The molecule has 2 spiro atoms. The summed E-state index contributed by atoms with van der Waals surface area (Å²) in [6.07, 6.45) is 1.73. The van der Waals surface area contributed by atoms with Gasteiger partial charge in [-0.15, -0.1) is 0 Å². The van der Waals surface area contributed by atoms with E-state index in [2.05, 4.69) is 26.4 Å². The van der Waals surface area contributed by atoms with E-state index >= 15 is 0 Å². The maximum absolute atomic E-state index is 12.8. The lowest BCUT2D eigenvalue weighted by atomic mass is 9.86. The minimum atomic E-state index is -1.17. The number of carbonyl (C=O) groups excluding carboxylic acids is 4. The smallest absolute Gasteiger partial charge is 0.316 e. The average molecular weight is 595 g/mol. The fraction of sp³-hybridized carbons (Fsp3) is 0.114. The molecule has 2 atom stereocenters. The number of nitrogens with zero attached hydrogens (tertiary/aromatic N) is 2. The fourth-order valence-electron chi connectivity index (χ4n) is 7.16. The molecule has 2 aliphatic carbocycles. The number of rotatable bonds is 1. The second kappa shape index (κ2) is 9.23. The van der Waals surface area contributed by atoms with Crippen molar-refractivity contribution in [3.05, 3.63) is 125 Å². The summed E-state index contributed by atoms with van der Waals surface area (Å²) in [6.45, 7) is 1.98. The van der Waals surface area contributed by atoms with Gasteiger partial charge in [0, 0.05) is 24.4 Å². The number of carbonyl (C=O) groups is 4. The Morgan fingerprint density at radius 1 is 0.600 bits per heavy atom. The molecular formula is C35H26N6O4. The number of nitrogens with one attached hydrogen (secondary N) is 4. The van der Waals surface area contributed by atoms with Gasteiger partial charge in [-0.3, -0.25) is 24.9 Å². The van der Waals surface area contributed by atoms with Crippen LogP contribution in [0.4, 0.5) is 9.59 Å². The first-order chi connectivity index (χ1) is 21.7. The number of aromatic nitrogens is 2. The van der Waals surface area contributed by atoms with E-state index in [9.17, 15) is 19.2 Å². The Kier molecular flexibility index (Phi) is 5.46. The van der Waals surface area contributed by atoms with Gasteiger partial charge in [0.05, 0.1) is 5.69 Å². The molecule has 2 aliphatic heterocycles. The number of amides is 6. The highest BCUT2D eigenvalue weighted by Crippen LogP contribution is 2.50. The maximum Gasteiger partial charge on any atom is 0.322 e. The Hall–Kier alpha value is -6.03. The summed E-state index contributed by atoms with van der Waals surface area (Å²) in [6, 6.07) is 28.4. The van der Waals surface area contributed by atoms with Gasteiger partial charge in [0.1, 0.15) is 0 Å². The van der Waals surface area contributed by atoms with Crippen LogP contribution in [0.5, 0.6) is 0 Å². The van der Waals surface area contributed by atoms with Crippen LogP contribution in [0.2, 0.25) is 0 Å². The zero-order valence-electron chi connectivity index (χ0n) is 24.3. The van der Waals surface area contributed by atoms with Gasteiger partial charge in [-0.2, -0.15) is 5.10 Å². The highest BCUT2D eigenvalue weighted by molar-refractivity contribution is 6.14. The Morgan fingerprint density at radius 3 is 1.62 bits per heavy atom. The van der Waals surface area contributed by atoms with Crippen LogP contribution in [0.15, 0.2) is 97.2 Å². The number of fused-ring (bicyclic) bond motifs is 10. The van der Waals surface area contributed by atoms with Gasteiger partial charge in [0.25, 0.3) is 11.8 Å². The zero-order chi connectivity index (χ0) is 31.1. The predicted octanol–water partition coefficient (Wildman–Crippen LogP) is 4.21. The summed E-state index contributed by atoms with van der Waals surface area (Å²) < 4.78 is 1.78. The zero-order valence-corrected chi connectivity index (χ0v) is 24.3.